The molecule has 2 aromatic carbocycles. The lowest BCUT2D eigenvalue weighted by molar-refractivity contribution is -0.118. The molecular formula is C17H17NO4. The molecule has 2 aromatic rings. The number of nitrogens with one attached hydrogen (secondary N) is 1. The summed E-state index contributed by atoms with van der Waals surface area (Å²) in [6.07, 6.45) is 0.948. The van der Waals surface area contributed by atoms with Crippen LogP contribution in [0, 0.1) is 0 Å². The number of amides is 1. The van der Waals surface area contributed by atoms with Crippen LogP contribution in [0.4, 0.5) is 5.69 Å². The molecule has 0 fully saturated rings. The molecule has 0 aliphatic heterocycles. The van der Waals surface area contributed by atoms with E-state index in [1.165, 1.54) is 29.8 Å². The van der Waals surface area contributed by atoms with E-state index in [0.717, 1.165) is 6.42 Å². The first kappa shape index (κ1) is 15.6. The van der Waals surface area contributed by atoms with Crippen molar-refractivity contribution in [2.75, 3.05) is 11.9 Å². The van der Waals surface area contributed by atoms with E-state index in [-0.39, 0.29) is 18.1 Å². The first-order valence-electron chi connectivity index (χ1n) is 6.93. The average molecular weight is 299 g/mol. The van der Waals surface area contributed by atoms with Crippen molar-refractivity contribution in [3.63, 3.8) is 0 Å². The highest BCUT2D eigenvalue weighted by Crippen LogP contribution is 2.13. The zero-order valence-corrected chi connectivity index (χ0v) is 12.2. The topological polar surface area (TPSA) is 75.6 Å². The van der Waals surface area contributed by atoms with Crippen molar-refractivity contribution in [3.8, 4) is 5.75 Å². The largest absolute Gasteiger partial charge is 0.484 e. The maximum Gasteiger partial charge on any atom is 0.335 e. The fourth-order valence-corrected chi connectivity index (χ4v) is 1.86. The molecule has 0 radical (unpaired) electrons. The summed E-state index contributed by atoms with van der Waals surface area (Å²) in [7, 11) is 0. The molecule has 0 saturated heterocycles. The molecule has 0 heterocycles. The molecule has 5 heteroatoms. The molecule has 1 amide bonds. The van der Waals surface area contributed by atoms with Gasteiger partial charge in [-0.05, 0) is 48.4 Å². The Kier molecular flexibility index (Phi) is 5.14. The van der Waals surface area contributed by atoms with E-state index in [1.807, 2.05) is 24.3 Å². The number of aryl methyl sites for hydroxylation is 1. The average Bonchev–Trinajstić information content (AvgIpc) is 2.54. The van der Waals surface area contributed by atoms with Gasteiger partial charge in [-0.25, -0.2) is 4.79 Å². The maximum absolute atomic E-state index is 11.8. The van der Waals surface area contributed by atoms with Gasteiger partial charge in [0.05, 0.1) is 5.56 Å². The van der Waals surface area contributed by atoms with E-state index in [0.29, 0.717) is 11.4 Å². The van der Waals surface area contributed by atoms with Gasteiger partial charge in [0.1, 0.15) is 5.75 Å². The van der Waals surface area contributed by atoms with Crippen LogP contribution in [-0.4, -0.2) is 23.6 Å². The van der Waals surface area contributed by atoms with E-state index in [4.69, 9.17) is 9.84 Å². The normalized spacial score (nSPS) is 10.0. The number of carbonyl (C=O) groups excluding carboxylic acids is 1. The molecule has 0 atom stereocenters. The minimum absolute atomic E-state index is 0.137. The summed E-state index contributed by atoms with van der Waals surface area (Å²) in [4.78, 5) is 22.5. The van der Waals surface area contributed by atoms with Gasteiger partial charge in [0.2, 0.25) is 0 Å². The van der Waals surface area contributed by atoms with E-state index >= 15 is 0 Å². The van der Waals surface area contributed by atoms with Crippen LogP contribution in [0.3, 0.4) is 0 Å². The van der Waals surface area contributed by atoms with E-state index in [1.54, 1.807) is 0 Å². The van der Waals surface area contributed by atoms with Crippen LogP contribution in [0.25, 0.3) is 0 Å². The lowest BCUT2D eigenvalue weighted by Crippen LogP contribution is -2.20. The monoisotopic (exact) mass is 299 g/mol. The SMILES string of the molecule is CCc1ccc(NC(=O)COc2ccc(C(=O)O)cc2)cc1. The van der Waals surface area contributed by atoms with Crippen molar-refractivity contribution < 1.29 is 19.4 Å². The molecule has 0 bridgehead atoms. The van der Waals surface area contributed by atoms with Gasteiger partial charge < -0.3 is 15.2 Å². The van der Waals surface area contributed by atoms with Gasteiger partial charge >= 0.3 is 5.97 Å². The van der Waals surface area contributed by atoms with Gasteiger partial charge in [0, 0.05) is 5.69 Å². The molecule has 114 valence electrons. The zero-order valence-electron chi connectivity index (χ0n) is 12.2. The van der Waals surface area contributed by atoms with Crippen molar-refractivity contribution in [2.24, 2.45) is 0 Å². The van der Waals surface area contributed by atoms with Crippen molar-refractivity contribution in [1.29, 1.82) is 0 Å². The molecular weight excluding hydrogens is 282 g/mol. The predicted molar refractivity (Wildman–Crippen MR) is 83.3 cm³/mol. The van der Waals surface area contributed by atoms with Crippen molar-refractivity contribution in [2.45, 2.75) is 13.3 Å². The lowest BCUT2D eigenvalue weighted by Gasteiger charge is -2.08. The highest BCUT2D eigenvalue weighted by Gasteiger charge is 2.05. The summed E-state index contributed by atoms with van der Waals surface area (Å²) < 4.78 is 5.31. The molecule has 0 aliphatic carbocycles. The molecule has 0 aliphatic rings. The van der Waals surface area contributed by atoms with E-state index in [2.05, 4.69) is 12.2 Å². The van der Waals surface area contributed by atoms with Crippen molar-refractivity contribution >= 4 is 17.6 Å². The molecule has 0 spiro atoms. The third kappa shape index (κ3) is 4.34. The van der Waals surface area contributed by atoms with Crippen molar-refractivity contribution in [3.05, 3.63) is 59.7 Å². The first-order chi connectivity index (χ1) is 10.6. The zero-order chi connectivity index (χ0) is 15.9. The summed E-state index contributed by atoms with van der Waals surface area (Å²) in [5.74, 6) is -0.826. The number of ether oxygens (including phenoxy) is 1. The van der Waals surface area contributed by atoms with Crippen LogP contribution in [-0.2, 0) is 11.2 Å². The van der Waals surface area contributed by atoms with E-state index < -0.39 is 5.97 Å². The second kappa shape index (κ2) is 7.26. The van der Waals surface area contributed by atoms with Crippen LogP contribution in [0.15, 0.2) is 48.5 Å². The van der Waals surface area contributed by atoms with Gasteiger partial charge in [-0.3, -0.25) is 4.79 Å². The van der Waals surface area contributed by atoms with E-state index in [9.17, 15) is 9.59 Å². The highest BCUT2D eigenvalue weighted by atomic mass is 16.5. The minimum Gasteiger partial charge on any atom is -0.484 e. The van der Waals surface area contributed by atoms with Gasteiger partial charge in [-0.2, -0.15) is 0 Å². The quantitative estimate of drug-likeness (QED) is 0.860. The Balaban J connectivity index is 1.85. The summed E-state index contributed by atoms with van der Waals surface area (Å²) in [6.45, 7) is 1.93. The molecule has 0 unspecified atom stereocenters. The van der Waals surface area contributed by atoms with Gasteiger partial charge in [0.15, 0.2) is 6.61 Å². The summed E-state index contributed by atoms with van der Waals surface area (Å²) in [5.41, 5.74) is 2.09. The van der Waals surface area contributed by atoms with Crippen LogP contribution < -0.4 is 10.1 Å². The number of hydrogen-bond acceptors (Lipinski definition) is 3. The Hall–Kier alpha value is -2.82. The van der Waals surface area contributed by atoms with Gasteiger partial charge in [-0.1, -0.05) is 19.1 Å². The minimum atomic E-state index is -1.00. The second-order valence-corrected chi connectivity index (χ2v) is 4.72. The highest BCUT2D eigenvalue weighted by molar-refractivity contribution is 5.92. The Morgan fingerprint density at radius 1 is 1.05 bits per heavy atom. The number of carboxylic acids is 1. The molecule has 2 rings (SSSR count). The second-order valence-electron chi connectivity index (χ2n) is 4.72. The summed E-state index contributed by atoms with van der Waals surface area (Å²) in [5, 5.41) is 11.5. The van der Waals surface area contributed by atoms with Crippen LogP contribution in [0.5, 0.6) is 5.75 Å². The van der Waals surface area contributed by atoms with Crippen molar-refractivity contribution in [1.82, 2.24) is 0 Å². The molecule has 5 nitrogen and oxygen atoms in total. The Bertz CT molecular complexity index is 647. The molecule has 2 N–H and O–H groups in total. The number of carboxylic acid groups (broad SMARTS) is 1. The Morgan fingerprint density at radius 2 is 1.68 bits per heavy atom. The molecule has 22 heavy (non-hydrogen) atoms. The maximum atomic E-state index is 11.8. The smallest absolute Gasteiger partial charge is 0.335 e. The predicted octanol–water partition coefficient (Wildman–Crippen LogP) is 2.96. The van der Waals surface area contributed by atoms with Gasteiger partial charge in [-0.15, -0.1) is 0 Å². The molecule has 0 aromatic heterocycles. The van der Waals surface area contributed by atoms with Crippen LogP contribution in [0.2, 0.25) is 0 Å². The summed E-state index contributed by atoms with van der Waals surface area (Å²) in [6, 6.07) is 13.5. The Labute approximate surface area is 128 Å². The van der Waals surface area contributed by atoms with Crippen LogP contribution >= 0.6 is 0 Å². The standard InChI is InChI=1S/C17H17NO4/c1-2-12-3-7-14(8-4-12)18-16(19)11-22-15-9-5-13(6-10-15)17(20)21/h3-10H,2,11H2,1H3,(H,18,19)(H,20,21). The number of carbonyl (C=O) groups is 2. The number of aromatic carboxylic acids is 1. The number of rotatable bonds is 6. The number of benzene rings is 2. The summed E-state index contributed by atoms with van der Waals surface area (Å²) >= 11 is 0. The third-order valence-electron chi connectivity index (χ3n) is 3.12. The Morgan fingerprint density at radius 3 is 2.23 bits per heavy atom. The third-order valence-corrected chi connectivity index (χ3v) is 3.12. The van der Waals surface area contributed by atoms with Crippen LogP contribution in [0.1, 0.15) is 22.8 Å². The van der Waals surface area contributed by atoms with Gasteiger partial charge in [0.25, 0.3) is 5.91 Å². The first-order valence-corrected chi connectivity index (χ1v) is 6.93. The fraction of sp³-hybridized carbons (Fsp3) is 0.176. The number of anilines is 1. The lowest BCUT2D eigenvalue weighted by atomic mass is 10.1. The number of hydrogen-bond donors (Lipinski definition) is 2. The molecule has 0 saturated carbocycles. The fourth-order valence-electron chi connectivity index (χ4n) is 1.86.